The Labute approximate surface area is 57.7 Å². The third-order valence-electron chi connectivity index (χ3n) is 0.738. The third-order valence-corrected chi connectivity index (χ3v) is 1.42. The van der Waals surface area contributed by atoms with Gasteiger partial charge in [0.2, 0.25) is 0 Å². The van der Waals surface area contributed by atoms with E-state index in [-0.39, 0.29) is 0 Å². The molecule has 0 saturated carbocycles. The second-order valence-corrected chi connectivity index (χ2v) is 2.35. The maximum Gasteiger partial charge on any atom is 0.120 e. The van der Waals surface area contributed by atoms with Gasteiger partial charge in [-0.2, -0.15) is 0 Å². The highest BCUT2D eigenvalue weighted by atomic mass is 32.2. The number of rotatable bonds is 2. The molecular weight excluding hydrogens is 134 g/mol. The minimum absolute atomic E-state index is 0.540. The van der Waals surface area contributed by atoms with Crippen LogP contribution in [0.1, 0.15) is 0 Å². The van der Waals surface area contributed by atoms with Gasteiger partial charge in [-0.05, 0) is 12.1 Å². The molecule has 1 radical (unpaired) electrons. The predicted molar refractivity (Wildman–Crippen MR) is 35.8 cm³/mol. The van der Waals surface area contributed by atoms with Crippen LogP contribution in [0.3, 0.4) is 0 Å². The predicted octanol–water partition coefficient (Wildman–Crippen LogP) is 0.285. The standard InChI is InChI=1S/C5H6N3S/c6-4-9-5-2-1-3-7-8-5/h1-2H,4,6H2. The van der Waals surface area contributed by atoms with Crippen LogP contribution in [-0.2, 0) is 0 Å². The fourth-order valence-electron chi connectivity index (χ4n) is 0.416. The second kappa shape index (κ2) is 3.42. The summed E-state index contributed by atoms with van der Waals surface area (Å²) in [6.07, 6.45) is 2.58. The summed E-state index contributed by atoms with van der Waals surface area (Å²) in [5.41, 5.74) is 5.25. The summed E-state index contributed by atoms with van der Waals surface area (Å²) in [6, 6.07) is 3.54. The van der Waals surface area contributed by atoms with E-state index < -0.39 is 0 Å². The van der Waals surface area contributed by atoms with Crippen molar-refractivity contribution in [3.8, 4) is 0 Å². The molecule has 2 N–H and O–H groups in total. The van der Waals surface area contributed by atoms with Gasteiger partial charge in [0.15, 0.2) is 0 Å². The summed E-state index contributed by atoms with van der Waals surface area (Å²) in [7, 11) is 0. The molecule has 1 heterocycles. The van der Waals surface area contributed by atoms with Gasteiger partial charge in [0.1, 0.15) is 11.2 Å². The third kappa shape index (κ3) is 1.99. The average Bonchev–Trinajstić information content (AvgIpc) is 1.91. The average molecular weight is 140 g/mol. The van der Waals surface area contributed by atoms with Crippen LogP contribution in [0.25, 0.3) is 0 Å². The highest BCUT2D eigenvalue weighted by molar-refractivity contribution is 7.99. The molecule has 0 amide bonds. The van der Waals surface area contributed by atoms with Gasteiger partial charge in [-0.25, -0.2) is 0 Å². The number of thioether (sulfide) groups is 1. The summed E-state index contributed by atoms with van der Waals surface area (Å²) in [4.78, 5) is 0. The van der Waals surface area contributed by atoms with Crippen LogP contribution >= 0.6 is 11.8 Å². The van der Waals surface area contributed by atoms with E-state index in [2.05, 4.69) is 16.4 Å². The van der Waals surface area contributed by atoms with Crippen molar-refractivity contribution >= 4 is 11.8 Å². The maximum absolute atomic E-state index is 5.25. The molecule has 0 unspecified atom stereocenters. The van der Waals surface area contributed by atoms with Crippen molar-refractivity contribution in [2.24, 2.45) is 5.73 Å². The van der Waals surface area contributed by atoms with E-state index >= 15 is 0 Å². The van der Waals surface area contributed by atoms with Crippen molar-refractivity contribution in [2.45, 2.75) is 5.03 Å². The molecule has 0 saturated heterocycles. The van der Waals surface area contributed by atoms with Gasteiger partial charge in [0, 0.05) is 5.88 Å². The first-order valence-corrected chi connectivity index (χ1v) is 3.44. The van der Waals surface area contributed by atoms with E-state index in [1.165, 1.54) is 11.8 Å². The monoisotopic (exact) mass is 140 g/mol. The Balaban J connectivity index is 2.61. The Hall–Kier alpha value is -0.610. The highest BCUT2D eigenvalue weighted by Gasteiger charge is 1.88. The van der Waals surface area contributed by atoms with Crippen molar-refractivity contribution in [1.29, 1.82) is 0 Å². The Bertz CT molecular complexity index is 165. The fraction of sp³-hybridized carbons (Fsp3) is 0.200. The van der Waals surface area contributed by atoms with Gasteiger partial charge in [0.25, 0.3) is 0 Å². The van der Waals surface area contributed by atoms with E-state index in [1.54, 1.807) is 6.07 Å². The molecule has 3 nitrogen and oxygen atoms in total. The number of hydrogen-bond acceptors (Lipinski definition) is 4. The van der Waals surface area contributed by atoms with Crippen LogP contribution in [0.4, 0.5) is 0 Å². The normalized spacial score (nSPS) is 9.44. The summed E-state index contributed by atoms with van der Waals surface area (Å²) >= 11 is 1.46. The SMILES string of the molecule is NCSc1cc[c]nn1. The lowest BCUT2D eigenvalue weighted by atomic mass is 10.6. The van der Waals surface area contributed by atoms with Crippen LogP contribution in [0.5, 0.6) is 0 Å². The fourth-order valence-corrected chi connectivity index (χ4v) is 0.849. The van der Waals surface area contributed by atoms with Crippen molar-refractivity contribution < 1.29 is 0 Å². The van der Waals surface area contributed by atoms with Crippen molar-refractivity contribution in [1.82, 2.24) is 10.2 Å². The first-order chi connectivity index (χ1) is 4.43. The topological polar surface area (TPSA) is 51.8 Å². The van der Waals surface area contributed by atoms with Gasteiger partial charge in [0.05, 0.1) is 0 Å². The number of nitrogens with two attached hydrogens (primary N) is 1. The Morgan fingerprint density at radius 3 is 3.22 bits per heavy atom. The van der Waals surface area contributed by atoms with E-state index in [9.17, 15) is 0 Å². The second-order valence-electron chi connectivity index (χ2n) is 1.31. The van der Waals surface area contributed by atoms with E-state index in [0.29, 0.717) is 5.88 Å². The lowest BCUT2D eigenvalue weighted by Gasteiger charge is -1.90. The zero-order valence-electron chi connectivity index (χ0n) is 4.74. The lowest BCUT2D eigenvalue weighted by Crippen LogP contribution is -1.93. The summed E-state index contributed by atoms with van der Waals surface area (Å²) in [6.45, 7) is 0. The van der Waals surface area contributed by atoms with Crippen LogP contribution in [-0.4, -0.2) is 16.1 Å². The molecule has 0 aliphatic carbocycles. The van der Waals surface area contributed by atoms with E-state index in [0.717, 1.165) is 5.03 Å². The first-order valence-electron chi connectivity index (χ1n) is 2.46. The van der Waals surface area contributed by atoms with Crippen LogP contribution in [0, 0.1) is 6.20 Å². The Kier molecular flexibility index (Phi) is 2.48. The zero-order valence-corrected chi connectivity index (χ0v) is 5.56. The van der Waals surface area contributed by atoms with Gasteiger partial charge in [-0.1, -0.05) is 11.8 Å². The van der Waals surface area contributed by atoms with Gasteiger partial charge < -0.3 is 5.73 Å². The molecule has 1 aromatic rings. The Morgan fingerprint density at radius 2 is 2.67 bits per heavy atom. The minimum atomic E-state index is 0.540. The largest absolute Gasteiger partial charge is 0.322 e. The molecular formula is C5H6N3S. The number of hydrogen-bond donors (Lipinski definition) is 1. The maximum atomic E-state index is 5.25. The van der Waals surface area contributed by atoms with E-state index in [1.807, 2.05) is 6.07 Å². The van der Waals surface area contributed by atoms with Crippen LogP contribution < -0.4 is 5.73 Å². The van der Waals surface area contributed by atoms with Crippen LogP contribution in [0.15, 0.2) is 17.2 Å². The van der Waals surface area contributed by atoms with Crippen molar-refractivity contribution in [3.05, 3.63) is 18.3 Å². The molecule has 1 aromatic heterocycles. The van der Waals surface area contributed by atoms with Crippen molar-refractivity contribution in [3.63, 3.8) is 0 Å². The van der Waals surface area contributed by atoms with Gasteiger partial charge in [-0.15, -0.1) is 10.2 Å². The molecule has 0 fully saturated rings. The first kappa shape index (κ1) is 6.51. The molecule has 0 aliphatic heterocycles. The van der Waals surface area contributed by atoms with Crippen molar-refractivity contribution in [2.75, 3.05) is 5.88 Å². The number of nitrogens with zero attached hydrogens (tertiary/aromatic N) is 2. The molecule has 9 heavy (non-hydrogen) atoms. The minimum Gasteiger partial charge on any atom is -0.322 e. The molecule has 0 aromatic carbocycles. The summed E-state index contributed by atoms with van der Waals surface area (Å²) in [5.74, 6) is 0.540. The summed E-state index contributed by atoms with van der Waals surface area (Å²) in [5, 5.41) is 8.14. The molecule has 47 valence electrons. The molecule has 0 atom stereocenters. The molecule has 4 heteroatoms. The smallest absolute Gasteiger partial charge is 0.120 e. The highest BCUT2D eigenvalue weighted by Crippen LogP contribution is 2.08. The van der Waals surface area contributed by atoms with Gasteiger partial charge >= 0.3 is 0 Å². The molecule has 0 spiro atoms. The lowest BCUT2D eigenvalue weighted by molar-refractivity contribution is 0.923. The van der Waals surface area contributed by atoms with E-state index in [4.69, 9.17) is 5.73 Å². The molecule has 0 bridgehead atoms. The Morgan fingerprint density at radius 1 is 1.78 bits per heavy atom. The number of aromatic nitrogens is 2. The molecule has 1 rings (SSSR count). The van der Waals surface area contributed by atoms with Crippen LogP contribution in [0.2, 0.25) is 0 Å². The zero-order chi connectivity index (χ0) is 6.53. The molecule has 0 aliphatic rings. The van der Waals surface area contributed by atoms with Gasteiger partial charge in [-0.3, -0.25) is 0 Å². The quantitative estimate of drug-likeness (QED) is 0.473. The summed E-state index contributed by atoms with van der Waals surface area (Å²) < 4.78 is 0.